The average molecular weight is 369 g/mol. The predicted molar refractivity (Wildman–Crippen MR) is 120 cm³/mol. The highest BCUT2D eigenvalue weighted by Crippen LogP contribution is 2.59. The fourth-order valence-electron chi connectivity index (χ4n) is 6.66. The lowest BCUT2D eigenvalue weighted by Gasteiger charge is -2.44. The summed E-state index contributed by atoms with van der Waals surface area (Å²) < 4.78 is 0. The Labute approximate surface area is 169 Å². The molecule has 0 aromatic rings. The van der Waals surface area contributed by atoms with Crippen molar-refractivity contribution in [2.75, 3.05) is 0 Å². The molecule has 3 aliphatic carbocycles. The zero-order chi connectivity index (χ0) is 19.4. The van der Waals surface area contributed by atoms with Crippen molar-refractivity contribution in [1.82, 2.24) is 0 Å². The molecule has 0 saturated heterocycles. The fraction of sp³-hybridized carbons (Fsp3) is 0.778. The summed E-state index contributed by atoms with van der Waals surface area (Å²) >= 11 is 0. The van der Waals surface area contributed by atoms with Crippen LogP contribution in [0.5, 0.6) is 0 Å². The van der Waals surface area contributed by atoms with Gasteiger partial charge in [-0.05, 0) is 92.4 Å². The van der Waals surface area contributed by atoms with Crippen LogP contribution in [0.1, 0.15) is 105 Å². The van der Waals surface area contributed by atoms with Crippen molar-refractivity contribution in [1.29, 1.82) is 0 Å². The van der Waals surface area contributed by atoms with Gasteiger partial charge in [0, 0.05) is 0 Å². The monoisotopic (exact) mass is 368 g/mol. The van der Waals surface area contributed by atoms with Crippen molar-refractivity contribution >= 4 is 0 Å². The molecule has 27 heavy (non-hydrogen) atoms. The number of rotatable bonds is 6. The molecule has 0 aromatic heterocycles. The molecule has 0 bridgehead atoms. The second kappa shape index (κ2) is 9.15. The van der Waals surface area contributed by atoms with Crippen molar-refractivity contribution in [3.05, 3.63) is 35.5 Å². The Morgan fingerprint density at radius 2 is 1.78 bits per heavy atom. The molecule has 0 spiro atoms. The predicted octanol–water partition coefficient (Wildman–Crippen LogP) is 8.65. The van der Waals surface area contributed by atoms with Crippen LogP contribution < -0.4 is 0 Å². The van der Waals surface area contributed by atoms with Gasteiger partial charge in [0.1, 0.15) is 0 Å². The van der Waals surface area contributed by atoms with Crippen molar-refractivity contribution in [3.63, 3.8) is 0 Å². The second-order valence-corrected chi connectivity index (χ2v) is 10.6. The second-order valence-electron chi connectivity index (χ2n) is 10.6. The summed E-state index contributed by atoms with van der Waals surface area (Å²) in [5, 5.41) is 0. The molecule has 0 unspecified atom stereocenters. The molecule has 0 radical (unpaired) electrons. The van der Waals surface area contributed by atoms with Crippen LogP contribution in [-0.4, -0.2) is 0 Å². The Bertz CT molecular complexity index is 575. The van der Waals surface area contributed by atoms with Crippen molar-refractivity contribution in [2.45, 2.75) is 105 Å². The molecule has 0 aromatic carbocycles. The first-order valence-electron chi connectivity index (χ1n) is 12.0. The topological polar surface area (TPSA) is 0 Å². The molecular weight excluding hydrogens is 324 g/mol. The van der Waals surface area contributed by atoms with Crippen LogP contribution in [0, 0.1) is 29.1 Å². The van der Waals surface area contributed by atoms with Crippen LogP contribution in [0.4, 0.5) is 0 Å². The van der Waals surface area contributed by atoms with E-state index in [1.807, 2.05) is 0 Å². The third-order valence-electron chi connectivity index (χ3n) is 8.29. The van der Waals surface area contributed by atoms with Crippen LogP contribution in [0.2, 0.25) is 0 Å². The Morgan fingerprint density at radius 3 is 2.52 bits per heavy atom. The summed E-state index contributed by atoms with van der Waals surface area (Å²) in [6.07, 6.45) is 21.5. The maximum absolute atomic E-state index is 4.32. The maximum Gasteiger partial charge on any atom is -0.0143 e. The highest BCUT2D eigenvalue weighted by Gasteiger charge is 2.50. The van der Waals surface area contributed by atoms with E-state index < -0.39 is 0 Å². The quantitative estimate of drug-likeness (QED) is 0.440. The van der Waals surface area contributed by atoms with Crippen LogP contribution in [0.15, 0.2) is 35.5 Å². The van der Waals surface area contributed by atoms with Crippen molar-refractivity contribution < 1.29 is 0 Å². The summed E-state index contributed by atoms with van der Waals surface area (Å²) in [6, 6.07) is 0. The SMILES string of the molecule is C=C1CCCC/C1=C\C=C1/CCC[C@]2(C)[C@@H]([C@H](C)CCCC(C)C)CC[C@@H]12. The van der Waals surface area contributed by atoms with Crippen molar-refractivity contribution in [3.8, 4) is 0 Å². The van der Waals surface area contributed by atoms with Crippen molar-refractivity contribution in [2.24, 2.45) is 29.1 Å². The molecule has 0 nitrogen and oxygen atoms in total. The molecule has 4 atom stereocenters. The van der Waals surface area contributed by atoms with E-state index in [4.69, 9.17) is 0 Å². The summed E-state index contributed by atoms with van der Waals surface area (Å²) in [7, 11) is 0. The molecule has 3 saturated carbocycles. The highest BCUT2D eigenvalue weighted by atomic mass is 14.5. The lowest BCUT2D eigenvalue weighted by Crippen LogP contribution is -2.36. The van der Waals surface area contributed by atoms with E-state index in [1.54, 1.807) is 5.57 Å². The Morgan fingerprint density at radius 1 is 1.00 bits per heavy atom. The Balaban J connectivity index is 1.69. The smallest absolute Gasteiger partial charge is 0.0143 e. The summed E-state index contributed by atoms with van der Waals surface area (Å²) in [5.74, 6) is 3.54. The number of allylic oxidation sites excluding steroid dienone is 5. The van der Waals surface area contributed by atoms with Crippen LogP contribution >= 0.6 is 0 Å². The molecule has 3 aliphatic rings. The molecule has 0 amide bonds. The van der Waals surface area contributed by atoms with Gasteiger partial charge in [-0.3, -0.25) is 0 Å². The largest absolute Gasteiger partial charge is 0.0956 e. The van der Waals surface area contributed by atoms with E-state index in [0.717, 1.165) is 23.7 Å². The molecule has 0 heteroatoms. The summed E-state index contributed by atoms with van der Waals surface area (Å²) in [5.41, 5.74) is 5.27. The number of hydrogen-bond acceptors (Lipinski definition) is 0. The average Bonchev–Trinajstić information content (AvgIpc) is 2.98. The van der Waals surface area contributed by atoms with E-state index >= 15 is 0 Å². The fourth-order valence-corrected chi connectivity index (χ4v) is 6.66. The first-order valence-corrected chi connectivity index (χ1v) is 12.0. The van der Waals surface area contributed by atoms with Crippen LogP contribution in [0.25, 0.3) is 0 Å². The van der Waals surface area contributed by atoms with Gasteiger partial charge in [0.15, 0.2) is 0 Å². The molecule has 0 heterocycles. The highest BCUT2D eigenvalue weighted by molar-refractivity contribution is 5.35. The Kier molecular flexibility index (Phi) is 7.09. The molecular formula is C27H44. The first-order chi connectivity index (χ1) is 12.9. The lowest BCUT2D eigenvalue weighted by atomic mass is 9.60. The van der Waals surface area contributed by atoms with E-state index in [9.17, 15) is 0 Å². The van der Waals surface area contributed by atoms with Crippen LogP contribution in [0.3, 0.4) is 0 Å². The number of hydrogen-bond donors (Lipinski definition) is 0. The summed E-state index contributed by atoms with van der Waals surface area (Å²) in [4.78, 5) is 0. The van der Waals surface area contributed by atoms with Gasteiger partial charge in [-0.15, -0.1) is 0 Å². The van der Waals surface area contributed by atoms with E-state index in [0.29, 0.717) is 5.41 Å². The van der Waals surface area contributed by atoms with Gasteiger partial charge in [-0.2, -0.15) is 0 Å². The van der Waals surface area contributed by atoms with Gasteiger partial charge in [-0.1, -0.05) is 76.8 Å². The van der Waals surface area contributed by atoms with E-state index in [1.165, 1.54) is 88.2 Å². The van der Waals surface area contributed by atoms with Gasteiger partial charge in [0.05, 0.1) is 0 Å². The normalized spacial score (nSPS) is 35.8. The molecule has 3 fully saturated rings. The van der Waals surface area contributed by atoms with Gasteiger partial charge >= 0.3 is 0 Å². The molecule has 152 valence electrons. The minimum atomic E-state index is 0.559. The third kappa shape index (κ3) is 4.80. The maximum atomic E-state index is 4.32. The van der Waals surface area contributed by atoms with Gasteiger partial charge in [0.2, 0.25) is 0 Å². The standard InChI is InChI=1S/C27H44/c1-20(2)10-8-12-22(4)25-17-18-26-24(14-9-19-27(25,26)5)16-15-23-13-7-6-11-21(23)3/h15-16,20,22,25-26H,3,6-14,17-19H2,1-2,4-5H3/b23-15+,24-16+/t22-,25-,26+,27-/m1/s1. The van der Waals surface area contributed by atoms with Gasteiger partial charge in [-0.25, -0.2) is 0 Å². The first kappa shape index (κ1) is 20.9. The minimum Gasteiger partial charge on any atom is -0.0956 e. The third-order valence-corrected chi connectivity index (χ3v) is 8.29. The van der Waals surface area contributed by atoms with E-state index in [-0.39, 0.29) is 0 Å². The van der Waals surface area contributed by atoms with E-state index in [2.05, 4.69) is 46.4 Å². The van der Waals surface area contributed by atoms with Crippen LogP contribution in [-0.2, 0) is 0 Å². The molecule has 3 rings (SSSR count). The van der Waals surface area contributed by atoms with Gasteiger partial charge in [0.25, 0.3) is 0 Å². The van der Waals surface area contributed by atoms with Gasteiger partial charge < -0.3 is 0 Å². The number of fused-ring (bicyclic) bond motifs is 1. The summed E-state index contributed by atoms with van der Waals surface area (Å²) in [6.45, 7) is 14.3. The minimum absolute atomic E-state index is 0.559. The molecule has 0 N–H and O–H groups in total. The zero-order valence-corrected chi connectivity index (χ0v) is 18.7. The lowest BCUT2D eigenvalue weighted by molar-refractivity contribution is 0.0929. The zero-order valence-electron chi connectivity index (χ0n) is 18.7. The Hall–Kier alpha value is -0.780. The molecule has 0 aliphatic heterocycles.